The fraction of sp³-hybridized carbons (Fsp3) is 0.800. The molecular formula is C10H19N2O2+. The summed E-state index contributed by atoms with van der Waals surface area (Å²) < 4.78 is 0. The van der Waals surface area contributed by atoms with Gasteiger partial charge in [-0.3, -0.25) is 0 Å². The molecule has 0 aromatic heterocycles. The van der Waals surface area contributed by atoms with E-state index < -0.39 is 0 Å². The molecule has 2 N–H and O–H groups in total. The maximum atomic E-state index is 10.9. The molecule has 0 radical (unpaired) electrons. The van der Waals surface area contributed by atoms with Crippen LogP contribution in [0.4, 0.5) is 0 Å². The SMILES string of the molecule is CC(C)(C)NC1=C([N+](=O)O)CCCC1. The van der Waals surface area contributed by atoms with Gasteiger partial charge < -0.3 is 5.32 Å². The first kappa shape index (κ1) is 11.0. The summed E-state index contributed by atoms with van der Waals surface area (Å²) in [4.78, 5) is 10.9. The van der Waals surface area contributed by atoms with Gasteiger partial charge in [0.25, 0.3) is 4.92 Å². The van der Waals surface area contributed by atoms with Crippen LogP contribution in [0.5, 0.6) is 0 Å². The lowest BCUT2D eigenvalue weighted by Crippen LogP contribution is -2.37. The summed E-state index contributed by atoms with van der Waals surface area (Å²) >= 11 is 0. The molecular weight excluding hydrogens is 180 g/mol. The van der Waals surface area contributed by atoms with Gasteiger partial charge in [0.1, 0.15) is 0 Å². The lowest BCUT2D eigenvalue weighted by Gasteiger charge is -2.25. The van der Waals surface area contributed by atoms with E-state index in [2.05, 4.69) is 5.32 Å². The monoisotopic (exact) mass is 199 g/mol. The van der Waals surface area contributed by atoms with E-state index >= 15 is 0 Å². The van der Waals surface area contributed by atoms with E-state index in [9.17, 15) is 4.91 Å². The Bertz CT molecular complexity index is 264. The van der Waals surface area contributed by atoms with Crippen LogP contribution in [0.15, 0.2) is 11.4 Å². The Morgan fingerprint density at radius 3 is 2.36 bits per heavy atom. The van der Waals surface area contributed by atoms with Gasteiger partial charge in [0.2, 0.25) is 0 Å². The zero-order valence-corrected chi connectivity index (χ0v) is 9.13. The van der Waals surface area contributed by atoms with Crippen LogP contribution in [0.3, 0.4) is 0 Å². The molecule has 0 aromatic rings. The summed E-state index contributed by atoms with van der Waals surface area (Å²) in [6.45, 7) is 6.12. The molecule has 1 rings (SSSR count). The maximum Gasteiger partial charge on any atom is 0.311 e. The average Bonchev–Trinajstić information content (AvgIpc) is 2.01. The fourth-order valence-electron chi connectivity index (χ4n) is 1.69. The van der Waals surface area contributed by atoms with Crippen LogP contribution in [0.1, 0.15) is 46.5 Å². The van der Waals surface area contributed by atoms with Crippen LogP contribution < -0.4 is 5.32 Å². The molecule has 0 amide bonds. The minimum Gasteiger partial charge on any atom is -0.378 e. The largest absolute Gasteiger partial charge is 0.378 e. The lowest BCUT2D eigenvalue weighted by molar-refractivity contribution is -0.757. The number of hydrogen-bond acceptors (Lipinski definition) is 2. The van der Waals surface area contributed by atoms with Crippen molar-refractivity contribution >= 4 is 0 Å². The van der Waals surface area contributed by atoms with Crippen molar-refractivity contribution in [1.29, 1.82) is 0 Å². The van der Waals surface area contributed by atoms with Crippen molar-refractivity contribution in [2.45, 2.75) is 52.0 Å². The van der Waals surface area contributed by atoms with Crippen LogP contribution in [0.2, 0.25) is 0 Å². The molecule has 0 spiro atoms. The second-order valence-electron chi connectivity index (χ2n) is 4.78. The molecule has 0 aromatic carbocycles. The molecule has 0 saturated carbocycles. The first-order valence-electron chi connectivity index (χ1n) is 5.06. The molecule has 0 fully saturated rings. The zero-order chi connectivity index (χ0) is 10.8. The fourth-order valence-corrected chi connectivity index (χ4v) is 1.69. The summed E-state index contributed by atoms with van der Waals surface area (Å²) in [5.74, 6) is 0. The third kappa shape index (κ3) is 3.01. The Morgan fingerprint density at radius 2 is 1.86 bits per heavy atom. The highest BCUT2D eigenvalue weighted by atomic mass is 16.6. The summed E-state index contributed by atoms with van der Waals surface area (Å²) in [6.07, 6.45) is 3.57. The molecule has 0 saturated heterocycles. The third-order valence-corrected chi connectivity index (χ3v) is 2.20. The molecule has 0 atom stereocenters. The summed E-state index contributed by atoms with van der Waals surface area (Å²) in [5, 5.41) is 12.2. The lowest BCUT2D eigenvalue weighted by atomic mass is 9.99. The molecule has 0 aliphatic heterocycles. The van der Waals surface area contributed by atoms with Crippen LogP contribution in [0, 0.1) is 4.91 Å². The van der Waals surface area contributed by atoms with Crippen molar-refractivity contribution in [2.75, 3.05) is 0 Å². The van der Waals surface area contributed by atoms with E-state index in [1.54, 1.807) is 0 Å². The van der Waals surface area contributed by atoms with Crippen molar-refractivity contribution < 1.29 is 10.1 Å². The quantitative estimate of drug-likeness (QED) is 0.671. The number of rotatable bonds is 2. The van der Waals surface area contributed by atoms with Crippen LogP contribution in [0.25, 0.3) is 0 Å². The van der Waals surface area contributed by atoms with Crippen LogP contribution in [-0.2, 0) is 0 Å². The van der Waals surface area contributed by atoms with Crippen LogP contribution in [-0.4, -0.2) is 15.7 Å². The van der Waals surface area contributed by atoms with Crippen molar-refractivity contribution in [3.05, 3.63) is 16.3 Å². The van der Waals surface area contributed by atoms with E-state index in [1.807, 2.05) is 20.8 Å². The van der Waals surface area contributed by atoms with Gasteiger partial charge in [-0.2, -0.15) is 0 Å². The van der Waals surface area contributed by atoms with Gasteiger partial charge in [0.05, 0.1) is 10.6 Å². The van der Waals surface area contributed by atoms with Gasteiger partial charge in [-0.15, -0.1) is 0 Å². The molecule has 80 valence electrons. The van der Waals surface area contributed by atoms with Gasteiger partial charge in [-0.1, -0.05) is 0 Å². The minimum atomic E-state index is -0.0616. The Kier molecular flexibility index (Phi) is 3.13. The molecule has 4 heteroatoms. The summed E-state index contributed by atoms with van der Waals surface area (Å²) in [7, 11) is 0. The summed E-state index contributed by atoms with van der Waals surface area (Å²) in [5.41, 5.74) is 1.32. The Balaban J connectivity index is 2.84. The standard InChI is InChI=1S/C10H19N2O2/c1-10(2,3)11-8-6-4-5-7-9(8)12(13)14/h11H,4-7H2,1-3H3,(H,13,14)/q+1. The molecule has 0 bridgehead atoms. The van der Waals surface area contributed by atoms with Crippen molar-refractivity contribution in [2.24, 2.45) is 0 Å². The maximum absolute atomic E-state index is 10.9. The van der Waals surface area contributed by atoms with E-state index in [0.717, 1.165) is 25.0 Å². The number of allylic oxidation sites excluding steroid dienone is 2. The molecule has 1 aliphatic rings. The van der Waals surface area contributed by atoms with Gasteiger partial charge in [-0.05, 0) is 40.0 Å². The topological polar surface area (TPSA) is 52.3 Å². The number of hydrogen-bond donors (Lipinski definition) is 2. The molecule has 1 aliphatic carbocycles. The first-order valence-corrected chi connectivity index (χ1v) is 5.06. The van der Waals surface area contributed by atoms with Crippen molar-refractivity contribution in [1.82, 2.24) is 5.32 Å². The predicted molar refractivity (Wildman–Crippen MR) is 53.8 cm³/mol. The summed E-state index contributed by atoms with van der Waals surface area (Å²) in [6, 6.07) is 0. The highest BCUT2D eigenvalue weighted by Crippen LogP contribution is 2.24. The van der Waals surface area contributed by atoms with Crippen LogP contribution >= 0.6 is 0 Å². The van der Waals surface area contributed by atoms with Gasteiger partial charge in [0, 0.05) is 12.0 Å². The van der Waals surface area contributed by atoms with E-state index in [4.69, 9.17) is 5.21 Å². The van der Waals surface area contributed by atoms with E-state index in [0.29, 0.717) is 12.1 Å². The number of nitrogens with zero attached hydrogens (tertiary/aromatic N) is 1. The Morgan fingerprint density at radius 1 is 1.29 bits per heavy atom. The molecule has 0 heterocycles. The minimum absolute atomic E-state index is 0.00718. The molecule has 4 nitrogen and oxygen atoms in total. The van der Waals surface area contributed by atoms with E-state index in [1.165, 1.54) is 0 Å². The van der Waals surface area contributed by atoms with Gasteiger partial charge in [-0.25, -0.2) is 5.21 Å². The highest BCUT2D eigenvalue weighted by Gasteiger charge is 2.28. The number of nitrogens with one attached hydrogen (secondary N) is 1. The van der Waals surface area contributed by atoms with Gasteiger partial charge >= 0.3 is 5.70 Å². The Labute approximate surface area is 84.5 Å². The first-order chi connectivity index (χ1) is 6.40. The molecule has 14 heavy (non-hydrogen) atoms. The Hall–Kier alpha value is -1.06. The van der Waals surface area contributed by atoms with Gasteiger partial charge in [0.15, 0.2) is 0 Å². The predicted octanol–water partition coefficient (Wildman–Crippen LogP) is 2.33. The second-order valence-corrected chi connectivity index (χ2v) is 4.78. The smallest absolute Gasteiger partial charge is 0.311 e. The third-order valence-electron chi connectivity index (χ3n) is 2.20. The zero-order valence-electron chi connectivity index (χ0n) is 9.13. The van der Waals surface area contributed by atoms with Crippen molar-refractivity contribution in [3.63, 3.8) is 0 Å². The second kappa shape index (κ2) is 3.98. The van der Waals surface area contributed by atoms with E-state index in [-0.39, 0.29) is 10.5 Å². The molecule has 0 unspecified atom stereocenters. The van der Waals surface area contributed by atoms with Crippen molar-refractivity contribution in [3.8, 4) is 0 Å². The average molecular weight is 199 g/mol. The highest BCUT2D eigenvalue weighted by molar-refractivity contribution is 5.10. The normalized spacial score (nSPS) is 18.2.